The van der Waals surface area contributed by atoms with Crippen LogP contribution in [0.15, 0.2) is 24.3 Å². The summed E-state index contributed by atoms with van der Waals surface area (Å²) in [6.45, 7) is 18.2. The standard InChI is InChI=1S/C34H52O4S2/c1-9-37-27-19-25(33(3,4)5)17-23(31(27)35)21-39-29-15-13-11-12-14-16-30(29)40-22-24-18-26(34(6,7)8)20-28(32(24)36)38-10-2/h17-20,29-30,35-36H,9-16,21-22H2,1-8H3/t29-,30-/m0/s1. The van der Waals surface area contributed by atoms with E-state index < -0.39 is 0 Å². The Bertz CT molecular complexity index is 1010. The molecule has 4 nitrogen and oxygen atoms in total. The number of aromatic hydroxyl groups is 2. The first kappa shape index (κ1) is 32.8. The van der Waals surface area contributed by atoms with E-state index in [0.29, 0.717) is 35.2 Å². The summed E-state index contributed by atoms with van der Waals surface area (Å²) < 4.78 is 11.6. The summed E-state index contributed by atoms with van der Waals surface area (Å²) in [7, 11) is 0. The molecule has 224 valence electrons. The Morgan fingerprint density at radius 1 is 0.650 bits per heavy atom. The molecule has 0 saturated heterocycles. The maximum atomic E-state index is 11.1. The highest BCUT2D eigenvalue weighted by Gasteiger charge is 2.27. The fourth-order valence-corrected chi connectivity index (χ4v) is 8.21. The molecule has 1 aliphatic carbocycles. The number of phenolic OH excluding ortho intramolecular Hbond substituents is 2. The smallest absolute Gasteiger partial charge is 0.161 e. The van der Waals surface area contributed by atoms with Crippen molar-refractivity contribution in [3.8, 4) is 23.0 Å². The molecular formula is C34H52O4S2. The van der Waals surface area contributed by atoms with Gasteiger partial charge < -0.3 is 19.7 Å². The summed E-state index contributed by atoms with van der Waals surface area (Å²) >= 11 is 3.95. The molecule has 0 radical (unpaired) electrons. The minimum absolute atomic E-state index is 0.0263. The zero-order valence-corrected chi connectivity index (χ0v) is 27.7. The molecule has 2 aromatic carbocycles. The number of rotatable bonds is 10. The van der Waals surface area contributed by atoms with Crippen LogP contribution in [0.4, 0.5) is 0 Å². The lowest BCUT2D eigenvalue weighted by molar-refractivity contribution is 0.316. The van der Waals surface area contributed by atoms with Crippen molar-refractivity contribution < 1.29 is 19.7 Å². The van der Waals surface area contributed by atoms with E-state index in [9.17, 15) is 10.2 Å². The van der Waals surface area contributed by atoms with Crippen molar-refractivity contribution in [1.82, 2.24) is 0 Å². The van der Waals surface area contributed by atoms with Crippen LogP contribution in [0.3, 0.4) is 0 Å². The van der Waals surface area contributed by atoms with Crippen molar-refractivity contribution in [1.29, 1.82) is 0 Å². The highest BCUT2D eigenvalue weighted by atomic mass is 32.2. The van der Waals surface area contributed by atoms with E-state index in [1.807, 2.05) is 49.5 Å². The van der Waals surface area contributed by atoms with Crippen molar-refractivity contribution in [2.24, 2.45) is 0 Å². The predicted molar refractivity (Wildman–Crippen MR) is 174 cm³/mol. The van der Waals surface area contributed by atoms with Crippen LogP contribution in [0.2, 0.25) is 0 Å². The fourth-order valence-electron chi connectivity index (χ4n) is 5.14. The molecular weight excluding hydrogens is 537 g/mol. The quantitative estimate of drug-likeness (QED) is 0.288. The minimum Gasteiger partial charge on any atom is -0.504 e. The number of hydrogen-bond donors (Lipinski definition) is 2. The first-order valence-electron chi connectivity index (χ1n) is 15.1. The van der Waals surface area contributed by atoms with Gasteiger partial charge in [-0.1, -0.05) is 79.4 Å². The van der Waals surface area contributed by atoms with Gasteiger partial charge in [-0.25, -0.2) is 0 Å². The van der Waals surface area contributed by atoms with Crippen molar-refractivity contribution in [3.63, 3.8) is 0 Å². The maximum absolute atomic E-state index is 11.1. The van der Waals surface area contributed by atoms with Gasteiger partial charge in [0.2, 0.25) is 0 Å². The average Bonchev–Trinajstić information content (AvgIpc) is 2.85. The summed E-state index contributed by atoms with van der Waals surface area (Å²) in [5.41, 5.74) is 4.25. The molecule has 1 saturated carbocycles. The van der Waals surface area contributed by atoms with Gasteiger partial charge in [-0.15, -0.1) is 0 Å². The summed E-state index contributed by atoms with van der Waals surface area (Å²) in [4.78, 5) is 0. The van der Waals surface area contributed by atoms with Crippen molar-refractivity contribution in [2.45, 2.75) is 127 Å². The Hall–Kier alpha value is -1.66. The molecule has 2 N–H and O–H groups in total. The van der Waals surface area contributed by atoms with Crippen LogP contribution in [0, 0.1) is 0 Å². The Labute approximate surface area is 252 Å². The number of phenols is 2. The van der Waals surface area contributed by atoms with Gasteiger partial charge in [-0.3, -0.25) is 0 Å². The van der Waals surface area contributed by atoms with Gasteiger partial charge in [0.15, 0.2) is 23.0 Å². The summed E-state index contributed by atoms with van der Waals surface area (Å²) in [5.74, 6) is 3.27. The molecule has 2 aromatic rings. The lowest BCUT2D eigenvalue weighted by Gasteiger charge is -2.30. The summed E-state index contributed by atoms with van der Waals surface area (Å²) in [6, 6.07) is 8.33. The number of hydrogen-bond acceptors (Lipinski definition) is 6. The summed E-state index contributed by atoms with van der Waals surface area (Å²) in [6.07, 6.45) is 7.43. The minimum atomic E-state index is -0.0263. The highest BCUT2D eigenvalue weighted by Crippen LogP contribution is 2.43. The molecule has 0 bridgehead atoms. The van der Waals surface area contributed by atoms with Crippen LogP contribution in [-0.2, 0) is 22.3 Å². The number of ether oxygens (including phenoxy) is 2. The van der Waals surface area contributed by atoms with Gasteiger partial charge in [0.1, 0.15) is 0 Å². The van der Waals surface area contributed by atoms with Gasteiger partial charge in [-0.2, -0.15) is 23.5 Å². The molecule has 1 fully saturated rings. The monoisotopic (exact) mass is 588 g/mol. The van der Waals surface area contributed by atoms with Crippen molar-refractivity contribution in [2.75, 3.05) is 13.2 Å². The molecule has 0 spiro atoms. The highest BCUT2D eigenvalue weighted by molar-refractivity contribution is 8.03. The van der Waals surface area contributed by atoms with Crippen molar-refractivity contribution >= 4 is 23.5 Å². The third kappa shape index (κ3) is 8.92. The van der Waals surface area contributed by atoms with Gasteiger partial charge in [-0.05, 0) is 60.8 Å². The molecule has 0 aliphatic heterocycles. The van der Waals surface area contributed by atoms with E-state index in [-0.39, 0.29) is 22.3 Å². The van der Waals surface area contributed by atoms with E-state index in [4.69, 9.17) is 9.47 Å². The van der Waals surface area contributed by atoms with Crippen LogP contribution >= 0.6 is 23.5 Å². The van der Waals surface area contributed by atoms with Crippen LogP contribution in [-0.4, -0.2) is 33.9 Å². The van der Waals surface area contributed by atoms with Crippen LogP contribution < -0.4 is 9.47 Å². The lowest BCUT2D eigenvalue weighted by atomic mass is 9.86. The van der Waals surface area contributed by atoms with Gasteiger partial charge in [0, 0.05) is 33.1 Å². The van der Waals surface area contributed by atoms with Crippen LogP contribution in [0.25, 0.3) is 0 Å². The molecule has 0 amide bonds. The zero-order valence-electron chi connectivity index (χ0n) is 26.1. The van der Waals surface area contributed by atoms with E-state index in [2.05, 4.69) is 53.7 Å². The second-order valence-corrected chi connectivity index (χ2v) is 15.5. The Morgan fingerprint density at radius 3 is 1.35 bits per heavy atom. The average molecular weight is 589 g/mol. The second-order valence-electron chi connectivity index (χ2n) is 13.0. The van der Waals surface area contributed by atoms with E-state index in [1.54, 1.807) is 0 Å². The van der Waals surface area contributed by atoms with Crippen LogP contribution in [0.1, 0.15) is 116 Å². The predicted octanol–water partition coefficient (Wildman–Crippen LogP) is 9.75. The lowest BCUT2D eigenvalue weighted by Crippen LogP contribution is -2.22. The van der Waals surface area contributed by atoms with E-state index in [0.717, 1.165) is 22.6 Å². The largest absolute Gasteiger partial charge is 0.504 e. The molecule has 6 heteroatoms. The second kappa shape index (κ2) is 14.5. The molecule has 3 rings (SSSR count). The first-order chi connectivity index (χ1) is 18.8. The Morgan fingerprint density at radius 2 is 1.02 bits per heavy atom. The van der Waals surface area contributed by atoms with E-state index >= 15 is 0 Å². The Kier molecular flexibility index (Phi) is 11.9. The normalized spacial score (nSPS) is 18.7. The van der Waals surface area contributed by atoms with E-state index in [1.165, 1.54) is 49.7 Å². The molecule has 0 heterocycles. The molecule has 0 unspecified atom stereocenters. The van der Waals surface area contributed by atoms with Gasteiger partial charge in [0.05, 0.1) is 13.2 Å². The third-order valence-electron chi connectivity index (χ3n) is 7.69. The van der Waals surface area contributed by atoms with Gasteiger partial charge >= 0.3 is 0 Å². The maximum Gasteiger partial charge on any atom is 0.161 e. The van der Waals surface area contributed by atoms with Crippen molar-refractivity contribution in [3.05, 3.63) is 46.5 Å². The van der Waals surface area contributed by atoms with Gasteiger partial charge in [0.25, 0.3) is 0 Å². The molecule has 1 aliphatic rings. The number of benzene rings is 2. The van der Waals surface area contributed by atoms with Crippen LogP contribution in [0.5, 0.6) is 23.0 Å². The number of thioether (sulfide) groups is 2. The Balaban J connectivity index is 1.83. The SMILES string of the molecule is CCOc1cc(C(C)(C)C)cc(CS[C@H]2CCCCCC[C@@H]2SCc2cc(C(C)(C)C)cc(OCC)c2O)c1O. The third-order valence-corrected chi connectivity index (χ3v) is 10.8. The fraction of sp³-hybridized carbons (Fsp3) is 0.647. The molecule has 0 aromatic heterocycles. The summed E-state index contributed by atoms with van der Waals surface area (Å²) in [5, 5.41) is 23.1. The molecule has 40 heavy (non-hydrogen) atoms. The molecule has 2 atom stereocenters. The topological polar surface area (TPSA) is 58.9 Å². The zero-order chi connectivity index (χ0) is 29.5. The first-order valence-corrected chi connectivity index (χ1v) is 17.2.